The Morgan fingerprint density at radius 2 is 2.12 bits per heavy atom. The Hall–Kier alpha value is -0.850. The van der Waals surface area contributed by atoms with Crippen molar-refractivity contribution in [2.45, 2.75) is 51.2 Å². The van der Waals surface area contributed by atoms with Gasteiger partial charge < -0.3 is 19.7 Å². The van der Waals surface area contributed by atoms with E-state index in [9.17, 15) is 0 Å². The molecule has 0 bridgehead atoms. The van der Waals surface area contributed by atoms with Gasteiger partial charge >= 0.3 is 0 Å². The van der Waals surface area contributed by atoms with Crippen LogP contribution in [0.15, 0.2) is 4.99 Å². The van der Waals surface area contributed by atoms with Gasteiger partial charge in [0.25, 0.3) is 0 Å². The first kappa shape index (κ1) is 19.5. The SMILES string of the molecule is CCNC(=NCC1(OC)CCOCC1)N(C)CC1CCCN1CC. The van der Waals surface area contributed by atoms with Gasteiger partial charge in [0.1, 0.15) is 0 Å². The molecule has 0 aromatic carbocycles. The molecule has 1 atom stereocenters. The minimum absolute atomic E-state index is 0.164. The monoisotopic (exact) mass is 340 g/mol. The van der Waals surface area contributed by atoms with Gasteiger partial charge in [0, 0.05) is 59.3 Å². The third-order valence-corrected chi connectivity index (χ3v) is 5.44. The molecule has 0 radical (unpaired) electrons. The van der Waals surface area contributed by atoms with Crippen molar-refractivity contribution in [2.24, 2.45) is 4.99 Å². The minimum atomic E-state index is -0.164. The van der Waals surface area contributed by atoms with E-state index in [1.807, 2.05) is 0 Å². The number of likely N-dealkylation sites (tertiary alicyclic amines) is 1. The summed E-state index contributed by atoms with van der Waals surface area (Å²) >= 11 is 0. The normalized spacial score (nSPS) is 25.0. The topological polar surface area (TPSA) is 49.3 Å². The molecule has 2 fully saturated rings. The zero-order valence-corrected chi connectivity index (χ0v) is 16.0. The van der Waals surface area contributed by atoms with Crippen molar-refractivity contribution in [2.75, 3.05) is 60.1 Å². The van der Waals surface area contributed by atoms with E-state index in [2.05, 4.69) is 36.0 Å². The molecule has 6 heteroatoms. The fourth-order valence-corrected chi connectivity index (χ4v) is 3.78. The van der Waals surface area contributed by atoms with E-state index in [4.69, 9.17) is 14.5 Å². The second-order valence-corrected chi connectivity index (χ2v) is 6.97. The quantitative estimate of drug-likeness (QED) is 0.563. The lowest BCUT2D eigenvalue weighted by Crippen LogP contribution is -2.47. The van der Waals surface area contributed by atoms with Gasteiger partial charge in [0.2, 0.25) is 0 Å². The van der Waals surface area contributed by atoms with Crippen molar-refractivity contribution in [1.29, 1.82) is 0 Å². The van der Waals surface area contributed by atoms with E-state index in [1.165, 1.54) is 19.4 Å². The standard InChI is InChI=1S/C18H36N4O2/c1-5-19-17(20-15-18(23-4)9-12-24-13-10-18)21(3)14-16-8-7-11-22(16)6-2/h16H,5-15H2,1-4H3,(H,19,20). The number of nitrogens with zero attached hydrogens (tertiary/aromatic N) is 3. The van der Waals surface area contributed by atoms with Crippen molar-refractivity contribution in [3.05, 3.63) is 0 Å². The summed E-state index contributed by atoms with van der Waals surface area (Å²) < 4.78 is 11.3. The average Bonchev–Trinajstić information content (AvgIpc) is 3.06. The van der Waals surface area contributed by atoms with Gasteiger partial charge in [-0.3, -0.25) is 9.89 Å². The number of guanidine groups is 1. The molecule has 1 N–H and O–H groups in total. The second-order valence-electron chi connectivity index (χ2n) is 6.97. The number of methoxy groups -OCH3 is 1. The molecule has 2 aliphatic rings. The van der Waals surface area contributed by atoms with Crippen LogP contribution in [0.2, 0.25) is 0 Å². The molecular formula is C18H36N4O2. The van der Waals surface area contributed by atoms with Crippen molar-refractivity contribution < 1.29 is 9.47 Å². The van der Waals surface area contributed by atoms with Gasteiger partial charge in [-0.25, -0.2) is 0 Å². The molecule has 0 aromatic rings. The molecule has 1 unspecified atom stereocenters. The minimum Gasteiger partial charge on any atom is -0.381 e. The molecule has 24 heavy (non-hydrogen) atoms. The summed E-state index contributed by atoms with van der Waals surface area (Å²) in [7, 11) is 3.95. The molecule has 0 aromatic heterocycles. The predicted octanol–water partition coefficient (Wildman–Crippen LogP) is 1.56. The Bertz CT molecular complexity index is 396. The van der Waals surface area contributed by atoms with Gasteiger partial charge in [-0.15, -0.1) is 0 Å². The highest BCUT2D eigenvalue weighted by atomic mass is 16.5. The molecule has 6 nitrogen and oxygen atoms in total. The number of ether oxygens (including phenoxy) is 2. The number of likely N-dealkylation sites (N-methyl/N-ethyl adjacent to an activating group) is 2. The van der Waals surface area contributed by atoms with E-state index >= 15 is 0 Å². The highest BCUT2D eigenvalue weighted by Gasteiger charge is 2.32. The Morgan fingerprint density at radius 1 is 1.38 bits per heavy atom. The number of aliphatic imine (C=N–C) groups is 1. The van der Waals surface area contributed by atoms with E-state index in [0.717, 1.165) is 51.6 Å². The lowest BCUT2D eigenvalue weighted by molar-refractivity contribution is -0.0829. The first-order valence-corrected chi connectivity index (χ1v) is 9.50. The Morgan fingerprint density at radius 3 is 2.75 bits per heavy atom. The van der Waals surface area contributed by atoms with Crippen molar-refractivity contribution >= 4 is 5.96 Å². The Labute approximate surface area is 147 Å². The first-order valence-electron chi connectivity index (χ1n) is 9.50. The smallest absolute Gasteiger partial charge is 0.193 e. The highest BCUT2D eigenvalue weighted by Crippen LogP contribution is 2.25. The zero-order chi connectivity index (χ0) is 17.4. The predicted molar refractivity (Wildman–Crippen MR) is 98.7 cm³/mol. The molecule has 2 aliphatic heterocycles. The van der Waals surface area contributed by atoms with E-state index < -0.39 is 0 Å². The lowest BCUT2D eigenvalue weighted by atomic mass is 9.94. The molecule has 0 spiro atoms. The lowest BCUT2D eigenvalue weighted by Gasteiger charge is -2.35. The number of hydrogen-bond donors (Lipinski definition) is 1. The van der Waals surface area contributed by atoms with E-state index in [-0.39, 0.29) is 5.60 Å². The third kappa shape index (κ3) is 5.07. The molecule has 0 amide bonds. The van der Waals surface area contributed by atoms with Crippen molar-refractivity contribution in [3.63, 3.8) is 0 Å². The van der Waals surface area contributed by atoms with Crippen molar-refractivity contribution in [1.82, 2.24) is 15.1 Å². The van der Waals surface area contributed by atoms with Gasteiger partial charge in [-0.1, -0.05) is 6.92 Å². The van der Waals surface area contributed by atoms with Crippen LogP contribution in [0.3, 0.4) is 0 Å². The van der Waals surface area contributed by atoms with Crippen LogP contribution in [-0.2, 0) is 9.47 Å². The van der Waals surface area contributed by atoms with Crippen LogP contribution in [0.5, 0.6) is 0 Å². The van der Waals surface area contributed by atoms with Crippen LogP contribution in [0.25, 0.3) is 0 Å². The molecule has 0 saturated carbocycles. The summed E-state index contributed by atoms with van der Waals surface area (Å²) in [6, 6.07) is 0.642. The summed E-state index contributed by atoms with van der Waals surface area (Å²) in [6.07, 6.45) is 4.44. The summed E-state index contributed by atoms with van der Waals surface area (Å²) in [5, 5.41) is 3.44. The molecule has 140 valence electrons. The zero-order valence-electron chi connectivity index (χ0n) is 16.0. The fourth-order valence-electron chi connectivity index (χ4n) is 3.78. The van der Waals surface area contributed by atoms with E-state index in [0.29, 0.717) is 12.6 Å². The Balaban J connectivity index is 1.98. The van der Waals surface area contributed by atoms with Crippen LogP contribution >= 0.6 is 0 Å². The van der Waals surface area contributed by atoms with Crippen LogP contribution in [0.4, 0.5) is 0 Å². The Kier molecular flexibility index (Phi) is 7.78. The maximum absolute atomic E-state index is 5.81. The summed E-state index contributed by atoms with van der Waals surface area (Å²) in [4.78, 5) is 9.77. The summed E-state index contributed by atoms with van der Waals surface area (Å²) in [5.41, 5.74) is -0.164. The second kappa shape index (κ2) is 9.59. The van der Waals surface area contributed by atoms with Crippen molar-refractivity contribution in [3.8, 4) is 0 Å². The highest BCUT2D eigenvalue weighted by molar-refractivity contribution is 5.79. The molecule has 2 rings (SSSR count). The number of nitrogens with one attached hydrogen (secondary N) is 1. The molecular weight excluding hydrogens is 304 g/mol. The van der Waals surface area contributed by atoms with Crippen LogP contribution in [-0.4, -0.2) is 87.5 Å². The van der Waals surface area contributed by atoms with Gasteiger partial charge in [-0.05, 0) is 32.9 Å². The third-order valence-electron chi connectivity index (χ3n) is 5.44. The largest absolute Gasteiger partial charge is 0.381 e. The van der Waals surface area contributed by atoms with Crippen LogP contribution in [0, 0.1) is 0 Å². The molecule has 2 heterocycles. The first-order chi connectivity index (χ1) is 11.6. The van der Waals surface area contributed by atoms with Crippen LogP contribution in [0.1, 0.15) is 39.5 Å². The molecule has 2 saturated heterocycles. The summed E-state index contributed by atoms with van der Waals surface area (Å²) in [6.45, 7) is 10.9. The van der Waals surface area contributed by atoms with Gasteiger partial charge in [0.15, 0.2) is 5.96 Å². The average molecular weight is 341 g/mol. The van der Waals surface area contributed by atoms with Gasteiger partial charge in [-0.2, -0.15) is 0 Å². The van der Waals surface area contributed by atoms with Gasteiger partial charge in [0.05, 0.1) is 12.1 Å². The molecule has 0 aliphatic carbocycles. The number of rotatable bonds is 7. The maximum Gasteiger partial charge on any atom is 0.193 e. The van der Waals surface area contributed by atoms with E-state index in [1.54, 1.807) is 7.11 Å². The maximum atomic E-state index is 5.81. The van der Waals surface area contributed by atoms with Crippen LogP contribution < -0.4 is 5.32 Å². The summed E-state index contributed by atoms with van der Waals surface area (Å²) in [5.74, 6) is 0.989. The fraction of sp³-hybridized carbons (Fsp3) is 0.944. The number of hydrogen-bond acceptors (Lipinski definition) is 4.